The summed E-state index contributed by atoms with van der Waals surface area (Å²) in [5.41, 5.74) is 1.85. The summed E-state index contributed by atoms with van der Waals surface area (Å²) in [6, 6.07) is 18.5. The highest BCUT2D eigenvalue weighted by molar-refractivity contribution is 7.90. The standard InChI is InChI=1S/C23H17NO6S/c1-15-6-12-18(13-7-15)31(28,29)14-16-8-10-17(11-9-16)23(27)30-24-21(25)19-4-2-3-5-20(19)22(24)26/h2-13H,14H2,1H3. The minimum Gasteiger partial charge on any atom is -0.324 e. The second-order valence-electron chi connectivity index (χ2n) is 7.10. The number of aryl methyl sites for hydroxylation is 1. The van der Waals surface area contributed by atoms with E-state index in [4.69, 9.17) is 4.84 Å². The van der Waals surface area contributed by atoms with E-state index < -0.39 is 27.6 Å². The molecule has 0 unspecified atom stereocenters. The van der Waals surface area contributed by atoms with Gasteiger partial charge in [0.25, 0.3) is 11.8 Å². The molecule has 4 rings (SSSR count). The molecule has 7 nitrogen and oxygen atoms in total. The van der Waals surface area contributed by atoms with E-state index in [-0.39, 0.29) is 27.3 Å². The Hall–Kier alpha value is -3.78. The summed E-state index contributed by atoms with van der Waals surface area (Å²) in [6.07, 6.45) is 0. The Morgan fingerprint density at radius 1 is 0.839 bits per heavy atom. The molecule has 0 aliphatic carbocycles. The maximum atomic E-state index is 12.6. The maximum Gasteiger partial charge on any atom is 0.363 e. The third kappa shape index (κ3) is 3.97. The lowest BCUT2D eigenvalue weighted by molar-refractivity contribution is -0.0584. The molecule has 0 saturated heterocycles. The number of hydroxylamine groups is 2. The number of carbonyl (C=O) groups excluding carboxylic acids is 3. The highest BCUT2D eigenvalue weighted by Crippen LogP contribution is 2.24. The van der Waals surface area contributed by atoms with Gasteiger partial charge in [-0.1, -0.05) is 47.0 Å². The van der Waals surface area contributed by atoms with Crippen LogP contribution < -0.4 is 0 Å². The third-order valence-electron chi connectivity index (χ3n) is 4.86. The molecule has 156 valence electrons. The Morgan fingerprint density at radius 2 is 1.39 bits per heavy atom. The number of hydrogen-bond acceptors (Lipinski definition) is 6. The average molecular weight is 435 g/mol. The number of carbonyl (C=O) groups is 3. The first-order chi connectivity index (χ1) is 14.8. The Kier molecular flexibility index (Phi) is 5.16. The van der Waals surface area contributed by atoms with Crippen LogP contribution in [0.25, 0.3) is 0 Å². The Morgan fingerprint density at radius 3 is 1.94 bits per heavy atom. The van der Waals surface area contributed by atoms with Crippen molar-refractivity contribution in [3.8, 4) is 0 Å². The van der Waals surface area contributed by atoms with Gasteiger partial charge in [0.2, 0.25) is 0 Å². The van der Waals surface area contributed by atoms with Crippen LogP contribution >= 0.6 is 0 Å². The summed E-state index contributed by atoms with van der Waals surface area (Å²) >= 11 is 0. The van der Waals surface area contributed by atoms with Crippen LogP contribution in [-0.4, -0.2) is 31.3 Å². The second kappa shape index (κ2) is 7.81. The van der Waals surface area contributed by atoms with Gasteiger partial charge in [-0.2, -0.15) is 0 Å². The molecule has 0 N–H and O–H groups in total. The van der Waals surface area contributed by atoms with Crippen molar-refractivity contribution in [2.45, 2.75) is 17.6 Å². The van der Waals surface area contributed by atoms with Crippen molar-refractivity contribution in [3.05, 3.63) is 101 Å². The molecule has 3 aromatic rings. The summed E-state index contributed by atoms with van der Waals surface area (Å²) in [5, 5.41) is 0.433. The zero-order chi connectivity index (χ0) is 22.2. The van der Waals surface area contributed by atoms with Gasteiger partial charge >= 0.3 is 5.97 Å². The minimum absolute atomic E-state index is 0.0769. The highest BCUT2D eigenvalue weighted by atomic mass is 32.2. The van der Waals surface area contributed by atoms with Gasteiger partial charge in [0.1, 0.15) is 0 Å². The van der Waals surface area contributed by atoms with Crippen molar-refractivity contribution in [2.75, 3.05) is 0 Å². The molecular weight excluding hydrogens is 418 g/mol. The highest BCUT2D eigenvalue weighted by Gasteiger charge is 2.38. The van der Waals surface area contributed by atoms with Crippen molar-refractivity contribution >= 4 is 27.6 Å². The molecule has 0 bridgehead atoms. The van der Waals surface area contributed by atoms with Gasteiger partial charge in [-0.25, -0.2) is 13.2 Å². The predicted octanol–water partition coefficient (Wildman–Crippen LogP) is 3.34. The monoisotopic (exact) mass is 435 g/mol. The van der Waals surface area contributed by atoms with Crippen LogP contribution in [0.1, 0.15) is 42.2 Å². The number of amides is 2. The maximum absolute atomic E-state index is 12.6. The molecule has 0 spiro atoms. The van der Waals surface area contributed by atoms with E-state index in [9.17, 15) is 22.8 Å². The summed E-state index contributed by atoms with van der Waals surface area (Å²) in [6.45, 7) is 1.87. The molecule has 31 heavy (non-hydrogen) atoms. The molecule has 0 fully saturated rings. The molecule has 1 aliphatic heterocycles. The van der Waals surface area contributed by atoms with E-state index in [1.54, 1.807) is 36.4 Å². The fourth-order valence-corrected chi connectivity index (χ4v) is 4.52. The molecule has 0 saturated carbocycles. The fraction of sp³-hybridized carbons (Fsp3) is 0.0870. The lowest BCUT2D eigenvalue weighted by Gasteiger charge is -2.13. The number of rotatable bonds is 5. The Bertz CT molecular complexity index is 1260. The molecular formula is C23H17NO6S. The van der Waals surface area contributed by atoms with E-state index in [1.807, 2.05) is 6.92 Å². The van der Waals surface area contributed by atoms with Crippen LogP contribution in [0.2, 0.25) is 0 Å². The van der Waals surface area contributed by atoms with Crippen LogP contribution in [0, 0.1) is 6.92 Å². The summed E-state index contributed by atoms with van der Waals surface area (Å²) in [4.78, 5) is 42.2. The summed E-state index contributed by atoms with van der Waals surface area (Å²) in [5.74, 6) is -2.56. The molecule has 2 amide bonds. The van der Waals surface area contributed by atoms with Crippen molar-refractivity contribution in [2.24, 2.45) is 0 Å². The lowest BCUT2D eigenvalue weighted by Crippen LogP contribution is -2.32. The first kappa shape index (κ1) is 20.5. The minimum atomic E-state index is -3.54. The Labute approximate surface area is 178 Å². The number of nitrogens with zero attached hydrogens (tertiary/aromatic N) is 1. The van der Waals surface area contributed by atoms with Gasteiger partial charge in [-0.15, -0.1) is 0 Å². The van der Waals surface area contributed by atoms with E-state index in [1.165, 1.54) is 36.4 Å². The quantitative estimate of drug-likeness (QED) is 0.570. The third-order valence-corrected chi connectivity index (χ3v) is 6.56. The van der Waals surface area contributed by atoms with Crippen molar-refractivity contribution in [1.82, 2.24) is 5.06 Å². The number of hydrogen-bond donors (Lipinski definition) is 0. The van der Waals surface area contributed by atoms with Gasteiger partial charge in [-0.3, -0.25) is 9.59 Å². The predicted molar refractivity (Wildman–Crippen MR) is 111 cm³/mol. The first-order valence-electron chi connectivity index (χ1n) is 9.35. The SMILES string of the molecule is Cc1ccc(S(=O)(=O)Cc2ccc(C(=O)ON3C(=O)c4ccccc4C3=O)cc2)cc1. The van der Waals surface area contributed by atoms with Crippen molar-refractivity contribution in [3.63, 3.8) is 0 Å². The fourth-order valence-electron chi connectivity index (χ4n) is 3.17. The molecule has 1 heterocycles. The molecule has 1 aliphatic rings. The van der Waals surface area contributed by atoms with E-state index >= 15 is 0 Å². The molecule has 8 heteroatoms. The van der Waals surface area contributed by atoms with Gasteiger partial charge in [0.15, 0.2) is 9.84 Å². The molecule has 0 aromatic heterocycles. The average Bonchev–Trinajstić information content (AvgIpc) is 2.99. The van der Waals surface area contributed by atoms with Crippen LogP contribution in [0.3, 0.4) is 0 Å². The van der Waals surface area contributed by atoms with Gasteiger partial charge in [0, 0.05) is 0 Å². The summed E-state index contributed by atoms with van der Waals surface area (Å²) < 4.78 is 25.1. The first-order valence-corrected chi connectivity index (χ1v) is 11.0. The van der Waals surface area contributed by atoms with Crippen LogP contribution in [-0.2, 0) is 20.4 Å². The second-order valence-corrected chi connectivity index (χ2v) is 9.09. The topological polar surface area (TPSA) is 97.8 Å². The molecule has 0 radical (unpaired) electrons. The Balaban J connectivity index is 1.46. The molecule has 3 aromatic carbocycles. The van der Waals surface area contributed by atoms with Crippen LogP contribution in [0.15, 0.2) is 77.7 Å². The smallest absolute Gasteiger partial charge is 0.324 e. The van der Waals surface area contributed by atoms with Crippen molar-refractivity contribution in [1.29, 1.82) is 0 Å². The van der Waals surface area contributed by atoms with Crippen LogP contribution in [0.4, 0.5) is 0 Å². The van der Waals surface area contributed by atoms with Gasteiger partial charge in [0.05, 0.1) is 27.3 Å². The van der Waals surface area contributed by atoms with Crippen molar-refractivity contribution < 1.29 is 27.6 Å². The number of sulfone groups is 1. The van der Waals surface area contributed by atoms with E-state index in [0.29, 0.717) is 10.6 Å². The zero-order valence-electron chi connectivity index (χ0n) is 16.4. The van der Waals surface area contributed by atoms with E-state index in [2.05, 4.69) is 0 Å². The van der Waals surface area contributed by atoms with Gasteiger partial charge < -0.3 is 4.84 Å². The largest absolute Gasteiger partial charge is 0.363 e. The van der Waals surface area contributed by atoms with E-state index in [0.717, 1.165) is 5.56 Å². The summed E-state index contributed by atoms with van der Waals surface area (Å²) in [7, 11) is -3.54. The van der Waals surface area contributed by atoms with Crippen LogP contribution in [0.5, 0.6) is 0 Å². The number of imide groups is 1. The van der Waals surface area contributed by atoms with Gasteiger partial charge in [-0.05, 0) is 48.9 Å². The normalized spacial score (nSPS) is 13.3. The molecule has 0 atom stereocenters. The zero-order valence-corrected chi connectivity index (χ0v) is 17.3. The number of benzene rings is 3. The number of fused-ring (bicyclic) bond motifs is 1. The lowest BCUT2D eigenvalue weighted by atomic mass is 10.1.